The van der Waals surface area contributed by atoms with E-state index in [2.05, 4.69) is 77.6 Å². The molecule has 18 heteroatoms. The Morgan fingerprint density at radius 3 is 1.65 bits per heavy atom. The number of carbonyl (C=O) groups is 2. The highest BCUT2D eigenvalue weighted by Gasteiger charge is 2.25. The number of benzene rings is 5. The molecule has 13 nitrogen and oxygen atoms in total. The molecule has 0 saturated heterocycles. The average molecular weight is 1060 g/mol. The van der Waals surface area contributed by atoms with Crippen molar-refractivity contribution in [2.75, 3.05) is 7.11 Å². The van der Waals surface area contributed by atoms with Crippen LogP contribution < -0.4 is 19.3 Å². The molecule has 57 heavy (non-hydrogen) atoms. The van der Waals surface area contributed by atoms with E-state index in [9.17, 15) is 33.2 Å². The van der Waals surface area contributed by atoms with Gasteiger partial charge < -0.3 is 24.4 Å². The predicted octanol–water partition coefficient (Wildman–Crippen LogP) is 11.5. The Balaban J connectivity index is 0.000000273. The molecule has 5 rings (SSSR count). The van der Waals surface area contributed by atoms with Crippen LogP contribution >= 0.6 is 63.7 Å². The molecule has 0 unspecified atom stereocenters. The summed E-state index contributed by atoms with van der Waals surface area (Å²) in [5.41, 5.74) is 1.06. The number of primary sulfonamides is 1. The molecule has 0 aliphatic heterocycles. The lowest BCUT2D eigenvalue weighted by Gasteiger charge is -2.15. The number of hydrogen-bond acceptors (Lipinski definition) is 10. The Morgan fingerprint density at radius 2 is 1.21 bits per heavy atom. The Bertz CT molecular complexity index is 2450. The van der Waals surface area contributed by atoms with Crippen LogP contribution in [0.1, 0.15) is 76.9 Å². The number of non-ortho nitro benzene ring substituents is 1. The largest absolute Gasteiger partial charge is 0.508 e. The highest BCUT2D eigenvalue weighted by molar-refractivity contribution is 9.11. The third-order valence-electron chi connectivity index (χ3n) is 8.11. The number of aromatic carboxylic acids is 1. The highest BCUT2D eigenvalue weighted by Crippen LogP contribution is 2.42. The summed E-state index contributed by atoms with van der Waals surface area (Å²) in [4.78, 5) is 34.1. The van der Waals surface area contributed by atoms with Crippen molar-refractivity contribution >= 4 is 91.2 Å². The fraction of sp³-hybridized carbons (Fsp3) is 0.179. The van der Waals surface area contributed by atoms with Crippen molar-refractivity contribution in [1.82, 2.24) is 0 Å². The molecule has 300 valence electrons. The van der Waals surface area contributed by atoms with Crippen LogP contribution in [0.15, 0.2) is 102 Å². The number of phenolic OH excluding ortho intramolecular Hbond substituents is 1. The molecule has 5 aromatic rings. The number of nitro groups is 1. The molecule has 0 fully saturated rings. The number of carboxylic acids is 1. The Hall–Kier alpha value is -4.33. The fourth-order valence-corrected chi connectivity index (χ4v) is 8.72. The number of phenols is 1. The van der Waals surface area contributed by atoms with E-state index in [1.165, 1.54) is 30.3 Å². The number of methoxy groups -OCH3 is 1. The maximum absolute atomic E-state index is 13.2. The van der Waals surface area contributed by atoms with Gasteiger partial charge in [0.15, 0.2) is 17.3 Å². The van der Waals surface area contributed by atoms with Gasteiger partial charge in [0.25, 0.3) is 5.69 Å². The number of aromatic hydroxyl groups is 1. The number of sulfonamides is 1. The van der Waals surface area contributed by atoms with Gasteiger partial charge in [0.1, 0.15) is 23.0 Å². The van der Waals surface area contributed by atoms with Gasteiger partial charge in [-0.2, -0.15) is 0 Å². The van der Waals surface area contributed by atoms with Crippen molar-refractivity contribution < 1.29 is 47.4 Å². The van der Waals surface area contributed by atoms with Gasteiger partial charge in [-0.25, -0.2) is 18.4 Å². The molecule has 0 aromatic heterocycles. The molecule has 0 bridgehead atoms. The summed E-state index contributed by atoms with van der Waals surface area (Å²) in [6.45, 7) is 8.01. The van der Waals surface area contributed by atoms with Crippen molar-refractivity contribution in [2.45, 2.75) is 44.4 Å². The van der Waals surface area contributed by atoms with Crippen molar-refractivity contribution in [3.05, 3.63) is 135 Å². The number of carboxylic acid groups (broad SMARTS) is 1. The molecule has 0 saturated carbocycles. The molecule has 0 atom stereocenters. The first-order valence-electron chi connectivity index (χ1n) is 16.6. The lowest BCUT2D eigenvalue weighted by molar-refractivity contribution is -0.384. The van der Waals surface area contributed by atoms with Crippen LogP contribution in [0, 0.1) is 10.1 Å². The summed E-state index contributed by atoms with van der Waals surface area (Å²) in [5, 5.41) is 35.4. The number of carbonyl (C=O) groups excluding carboxylic acids is 1. The Kier molecular flexibility index (Phi) is 15.1. The van der Waals surface area contributed by atoms with E-state index in [4.69, 9.17) is 24.5 Å². The Labute approximate surface area is 361 Å². The molecule has 0 radical (unpaired) electrons. The maximum Gasteiger partial charge on any atom is 0.335 e. The van der Waals surface area contributed by atoms with E-state index in [1.54, 1.807) is 19.2 Å². The monoisotopic (exact) mass is 1050 g/mol. The maximum atomic E-state index is 13.2. The van der Waals surface area contributed by atoms with E-state index in [-0.39, 0.29) is 28.7 Å². The minimum Gasteiger partial charge on any atom is -0.508 e. The summed E-state index contributed by atoms with van der Waals surface area (Å²) in [6, 6.07) is 19.0. The molecule has 0 aliphatic rings. The van der Waals surface area contributed by atoms with Gasteiger partial charge in [-0.1, -0.05) is 27.7 Å². The van der Waals surface area contributed by atoms with Crippen molar-refractivity contribution in [2.24, 2.45) is 5.14 Å². The van der Waals surface area contributed by atoms with Crippen LogP contribution in [0.5, 0.6) is 34.5 Å². The summed E-state index contributed by atoms with van der Waals surface area (Å²) >= 11 is 13.4. The zero-order chi connectivity index (χ0) is 42.5. The van der Waals surface area contributed by atoms with Crippen LogP contribution in [0.4, 0.5) is 5.69 Å². The normalized spacial score (nSPS) is 11.2. The molecule has 5 aromatic carbocycles. The second-order valence-corrected chi connectivity index (χ2v) is 17.7. The quantitative estimate of drug-likeness (QED) is 0.0609. The number of ether oxygens (including phenoxy) is 3. The molecular formula is C39H34Br4N2O11S. The molecular weight excluding hydrogens is 1020 g/mol. The first-order valence-corrected chi connectivity index (χ1v) is 21.3. The number of nitrogens with zero attached hydrogens (tertiary/aromatic N) is 1. The zero-order valence-corrected chi connectivity index (χ0v) is 37.8. The van der Waals surface area contributed by atoms with Crippen molar-refractivity contribution in [3.8, 4) is 34.5 Å². The van der Waals surface area contributed by atoms with E-state index >= 15 is 0 Å². The number of halogens is 4. The fourth-order valence-electron chi connectivity index (χ4n) is 5.30. The summed E-state index contributed by atoms with van der Waals surface area (Å²) in [6.07, 6.45) is 0. The van der Waals surface area contributed by atoms with Gasteiger partial charge in [-0.05, 0) is 142 Å². The van der Waals surface area contributed by atoms with Crippen LogP contribution in [0.25, 0.3) is 0 Å². The third-order valence-corrected chi connectivity index (χ3v) is 11.4. The highest BCUT2D eigenvalue weighted by atomic mass is 79.9. The molecule has 0 spiro atoms. The summed E-state index contributed by atoms with van der Waals surface area (Å²) in [7, 11) is -2.69. The minimum absolute atomic E-state index is 0.0325. The van der Waals surface area contributed by atoms with E-state index in [0.29, 0.717) is 46.5 Å². The predicted molar refractivity (Wildman–Crippen MR) is 228 cm³/mol. The molecule has 0 aliphatic carbocycles. The van der Waals surface area contributed by atoms with Crippen LogP contribution in [-0.2, 0) is 10.0 Å². The SMILES string of the molecule is CC(C)c1cc(Oc2c(Br)cc(C(=O)c3cc([N+](=O)[O-])ccc3S(N)(=O)=O)cc2Br)ccc1O.COc1ccc(Oc2c(Br)cc(C(=O)O)cc2Br)cc1C(C)C. The number of hydrogen-bond donors (Lipinski definition) is 3. The lowest BCUT2D eigenvalue weighted by atomic mass is 10.0. The van der Waals surface area contributed by atoms with Gasteiger partial charge in [-0.15, -0.1) is 0 Å². The Morgan fingerprint density at radius 1 is 0.737 bits per heavy atom. The topological polar surface area (TPSA) is 206 Å². The lowest BCUT2D eigenvalue weighted by Crippen LogP contribution is -2.17. The van der Waals surface area contributed by atoms with Crippen molar-refractivity contribution in [1.29, 1.82) is 0 Å². The second-order valence-electron chi connectivity index (χ2n) is 12.8. The van der Waals surface area contributed by atoms with Crippen LogP contribution in [-0.4, -0.2) is 42.4 Å². The standard InChI is InChI=1S/C22H18Br2N2O7S.C17H16Br2O4/c1-11(2)15-10-14(4-5-19(15)27)33-22-17(23)7-12(8-18(22)24)21(28)16-9-13(26(29)30)3-6-20(16)34(25,31)32;1-9(2)12-8-11(4-5-15(12)22-3)23-16-13(18)6-10(17(20)21)7-14(16)19/h3-11,27H,1-2H3,(H2,25,31,32);4-9H,1-3H3,(H,20,21). The summed E-state index contributed by atoms with van der Waals surface area (Å²) in [5.74, 6) is 1.45. The second kappa shape index (κ2) is 18.9. The average Bonchev–Trinajstić information content (AvgIpc) is 3.14. The van der Waals surface area contributed by atoms with Gasteiger partial charge in [-0.3, -0.25) is 14.9 Å². The van der Waals surface area contributed by atoms with Crippen LogP contribution in [0.2, 0.25) is 0 Å². The minimum atomic E-state index is -4.32. The van der Waals surface area contributed by atoms with E-state index in [0.717, 1.165) is 29.5 Å². The van der Waals surface area contributed by atoms with E-state index < -0.39 is 42.8 Å². The van der Waals surface area contributed by atoms with E-state index in [1.807, 2.05) is 32.0 Å². The molecule has 0 heterocycles. The van der Waals surface area contributed by atoms with Gasteiger partial charge >= 0.3 is 5.97 Å². The number of nitro benzene ring substituents is 1. The summed E-state index contributed by atoms with van der Waals surface area (Å²) < 4.78 is 43.0. The van der Waals surface area contributed by atoms with Gasteiger partial charge in [0.2, 0.25) is 10.0 Å². The number of ketones is 1. The first-order chi connectivity index (χ1) is 26.6. The molecule has 4 N–H and O–H groups in total. The van der Waals surface area contributed by atoms with Crippen molar-refractivity contribution in [3.63, 3.8) is 0 Å². The zero-order valence-electron chi connectivity index (χ0n) is 30.7. The number of rotatable bonds is 12. The smallest absolute Gasteiger partial charge is 0.335 e. The van der Waals surface area contributed by atoms with Crippen LogP contribution in [0.3, 0.4) is 0 Å². The third kappa shape index (κ3) is 11.2. The number of nitrogens with two attached hydrogens (primary N) is 1. The first kappa shape index (κ1) is 45.4. The van der Waals surface area contributed by atoms with Gasteiger partial charge in [0.05, 0.1) is 40.4 Å². The molecule has 0 amide bonds. The van der Waals surface area contributed by atoms with Gasteiger partial charge in [0, 0.05) is 34.4 Å².